The maximum Gasteiger partial charge on any atom is 0.231 e. The largest absolute Gasteiger partial charge is 0.405 e. The number of nitrogens with zero attached hydrogens (tertiary/aromatic N) is 3. The third-order valence-corrected chi connectivity index (χ3v) is 4.94. The minimum absolute atomic E-state index is 0.0280. The number of hydrogen-bond donors (Lipinski definition) is 3. The quantitative estimate of drug-likeness (QED) is 0.492. The maximum atomic E-state index is 13.5. The van der Waals surface area contributed by atoms with Gasteiger partial charge in [-0.3, -0.25) is 14.8 Å². The summed E-state index contributed by atoms with van der Waals surface area (Å²) in [5.74, 6) is -4.70. The van der Waals surface area contributed by atoms with Crippen LogP contribution in [0.3, 0.4) is 0 Å². The topological polar surface area (TPSA) is 125 Å². The molecule has 0 spiro atoms. The maximum absolute atomic E-state index is 13.5. The van der Waals surface area contributed by atoms with Crippen molar-refractivity contribution in [2.45, 2.75) is 19.3 Å². The molecule has 3 rings (SSSR count). The number of amides is 1. The molecule has 2 heterocycles. The lowest BCUT2D eigenvalue weighted by Crippen LogP contribution is -2.29. The van der Waals surface area contributed by atoms with Gasteiger partial charge in [-0.15, -0.1) is 0 Å². The summed E-state index contributed by atoms with van der Waals surface area (Å²) in [5.41, 5.74) is 12.7. The van der Waals surface area contributed by atoms with Crippen molar-refractivity contribution in [3.8, 4) is 6.07 Å². The van der Waals surface area contributed by atoms with Gasteiger partial charge < -0.3 is 11.5 Å². The number of rotatable bonds is 6. The Kier molecular flexibility index (Phi) is 6.11. The van der Waals surface area contributed by atoms with Crippen molar-refractivity contribution in [3.63, 3.8) is 0 Å². The van der Waals surface area contributed by atoms with Crippen LogP contribution in [0.5, 0.6) is 0 Å². The van der Waals surface area contributed by atoms with E-state index in [1.807, 2.05) is 6.07 Å². The normalized spacial score (nSPS) is 17.1. The van der Waals surface area contributed by atoms with Crippen LogP contribution in [0.25, 0.3) is 5.57 Å². The van der Waals surface area contributed by atoms with E-state index in [2.05, 4.69) is 10.2 Å². The zero-order valence-corrected chi connectivity index (χ0v) is 15.8. The fraction of sp³-hybridized carbons (Fsp3) is 0.250. The highest BCUT2D eigenvalue weighted by Crippen LogP contribution is 2.32. The Balaban J connectivity index is 1.87. The number of benzene rings is 1. The fourth-order valence-electron chi connectivity index (χ4n) is 3.54. The van der Waals surface area contributed by atoms with Crippen LogP contribution in [0, 0.1) is 34.7 Å². The monoisotopic (exact) mass is 416 g/mol. The Morgan fingerprint density at radius 1 is 1.33 bits per heavy atom. The van der Waals surface area contributed by atoms with Gasteiger partial charge in [-0.2, -0.15) is 10.4 Å². The number of anilines is 1. The van der Waals surface area contributed by atoms with Crippen LogP contribution < -0.4 is 16.4 Å². The standard InChI is InChI=1S/C20H19F3N6O/c21-15-8-11(9-16(22)17(15)23)7-12-3-6-29(20(12)30)19-14(2-5-25)18(27-28-19)13(10-26)1-4-24/h1,4,8-10,12H,2-3,6-7,24,26H2,(H,27,28)/b4-1-,13-10+. The second-order valence-corrected chi connectivity index (χ2v) is 6.77. The summed E-state index contributed by atoms with van der Waals surface area (Å²) in [5, 5.41) is 16.2. The molecule has 0 bridgehead atoms. The number of carbonyl (C=O) groups excluding carboxylic acids is 1. The molecule has 30 heavy (non-hydrogen) atoms. The van der Waals surface area contributed by atoms with E-state index in [0.29, 0.717) is 35.6 Å². The van der Waals surface area contributed by atoms with E-state index in [9.17, 15) is 23.2 Å². The molecule has 156 valence electrons. The summed E-state index contributed by atoms with van der Waals surface area (Å²) in [6.07, 6.45) is 4.55. The van der Waals surface area contributed by atoms with E-state index < -0.39 is 23.4 Å². The van der Waals surface area contributed by atoms with Gasteiger partial charge >= 0.3 is 0 Å². The number of aromatic nitrogens is 2. The summed E-state index contributed by atoms with van der Waals surface area (Å²) in [6.45, 7) is 0.312. The first-order valence-electron chi connectivity index (χ1n) is 9.10. The van der Waals surface area contributed by atoms with Crippen molar-refractivity contribution in [2.24, 2.45) is 17.4 Å². The summed E-state index contributed by atoms with van der Waals surface area (Å²) in [6, 6.07) is 3.82. The molecule has 1 aliphatic rings. The van der Waals surface area contributed by atoms with E-state index in [-0.39, 0.29) is 24.3 Å². The minimum Gasteiger partial charge on any atom is -0.405 e. The Morgan fingerprint density at radius 2 is 2.03 bits per heavy atom. The van der Waals surface area contributed by atoms with Crippen LogP contribution in [0.15, 0.2) is 30.6 Å². The number of halogens is 3. The zero-order valence-electron chi connectivity index (χ0n) is 15.8. The Hall–Kier alpha value is -3.74. The van der Waals surface area contributed by atoms with Gasteiger partial charge in [0.1, 0.15) is 0 Å². The molecule has 5 N–H and O–H groups in total. The van der Waals surface area contributed by atoms with E-state index in [4.69, 9.17) is 11.5 Å². The van der Waals surface area contributed by atoms with Gasteiger partial charge in [0.15, 0.2) is 23.3 Å². The second-order valence-electron chi connectivity index (χ2n) is 6.77. The number of nitriles is 1. The molecule has 7 nitrogen and oxygen atoms in total. The summed E-state index contributed by atoms with van der Waals surface area (Å²) < 4.78 is 40.1. The average Bonchev–Trinajstić information content (AvgIpc) is 3.28. The molecule has 1 aromatic carbocycles. The molecule has 1 amide bonds. The minimum atomic E-state index is -1.54. The number of carbonyl (C=O) groups is 1. The van der Waals surface area contributed by atoms with E-state index in [1.54, 1.807) is 0 Å². The first-order chi connectivity index (χ1) is 14.4. The molecule has 1 aromatic heterocycles. The van der Waals surface area contributed by atoms with Gasteiger partial charge in [0.05, 0.1) is 18.2 Å². The van der Waals surface area contributed by atoms with Crippen molar-refractivity contribution in [1.29, 1.82) is 5.26 Å². The van der Waals surface area contributed by atoms with Gasteiger partial charge in [0, 0.05) is 29.8 Å². The molecule has 1 atom stereocenters. The fourth-order valence-corrected chi connectivity index (χ4v) is 3.54. The molecule has 10 heteroatoms. The van der Waals surface area contributed by atoms with Gasteiger partial charge in [-0.25, -0.2) is 13.2 Å². The smallest absolute Gasteiger partial charge is 0.231 e. The highest BCUT2D eigenvalue weighted by molar-refractivity contribution is 5.97. The molecule has 0 saturated carbocycles. The van der Waals surface area contributed by atoms with Crippen LogP contribution in [-0.2, 0) is 17.6 Å². The predicted octanol–water partition coefficient (Wildman–Crippen LogP) is 2.26. The highest BCUT2D eigenvalue weighted by atomic mass is 19.2. The molecule has 1 unspecified atom stereocenters. The van der Waals surface area contributed by atoms with Gasteiger partial charge in [0.25, 0.3) is 0 Å². The molecule has 1 fully saturated rings. The lowest BCUT2D eigenvalue weighted by Gasteiger charge is -2.16. The molecule has 0 aliphatic carbocycles. The Morgan fingerprint density at radius 3 is 2.63 bits per heavy atom. The Labute approximate surface area is 170 Å². The van der Waals surface area contributed by atoms with Crippen LogP contribution in [-0.4, -0.2) is 22.6 Å². The number of allylic oxidation sites excluding steroid dienone is 2. The number of aromatic amines is 1. The molecular formula is C20H19F3N6O. The first-order valence-corrected chi connectivity index (χ1v) is 9.10. The van der Waals surface area contributed by atoms with Crippen LogP contribution >= 0.6 is 0 Å². The average molecular weight is 416 g/mol. The lowest BCUT2D eigenvalue weighted by atomic mass is 9.98. The third kappa shape index (κ3) is 3.87. The molecule has 2 aromatic rings. The number of H-pyrrole nitrogens is 1. The van der Waals surface area contributed by atoms with Gasteiger partial charge in [-0.05, 0) is 42.8 Å². The molecule has 0 radical (unpaired) electrons. The van der Waals surface area contributed by atoms with Crippen LogP contribution in [0.4, 0.5) is 19.0 Å². The summed E-state index contributed by atoms with van der Waals surface area (Å²) >= 11 is 0. The second kappa shape index (κ2) is 8.73. The zero-order chi connectivity index (χ0) is 21.8. The van der Waals surface area contributed by atoms with E-state index in [0.717, 1.165) is 12.1 Å². The SMILES string of the molecule is N#CCc1c(N2CCC(Cc3cc(F)c(F)c(F)c3)C2=O)n[nH]c1C(/C=C\N)=C/N. The van der Waals surface area contributed by atoms with Crippen LogP contribution in [0.2, 0.25) is 0 Å². The molecular weight excluding hydrogens is 397 g/mol. The number of hydrogen-bond acceptors (Lipinski definition) is 5. The Bertz CT molecular complexity index is 1050. The summed E-state index contributed by atoms with van der Waals surface area (Å²) in [7, 11) is 0. The van der Waals surface area contributed by atoms with Gasteiger partial charge in [0.2, 0.25) is 5.91 Å². The van der Waals surface area contributed by atoms with Crippen molar-refractivity contribution in [1.82, 2.24) is 10.2 Å². The lowest BCUT2D eigenvalue weighted by molar-refractivity contribution is -0.120. The summed E-state index contributed by atoms with van der Waals surface area (Å²) in [4.78, 5) is 14.4. The third-order valence-electron chi connectivity index (χ3n) is 4.94. The van der Waals surface area contributed by atoms with Crippen molar-refractivity contribution >= 4 is 17.3 Å². The van der Waals surface area contributed by atoms with Crippen molar-refractivity contribution < 1.29 is 18.0 Å². The first kappa shape index (κ1) is 21.0. The van der Waals surface area contributed by atoms with E-state index >= 15 is 0 Å². The van der Waals surface area contributed by atoms with Crippen LogP contribution in [0.1, 0.15) is 23.2 Å². The van der Waals surface area contributed by atoms with E-state index in [1.165, 1.54) is 23.4 Å². The number of nitrogens with two attached hydrogens (primary N) is 2. The molecule has 1 saturated heterocycles. The predicted molar refractivity (Wildman–Crippen MR) is 104 cm³/mol. The van der Waals surface area contributed by atoms with Crippen molar-refractivity contribution in [3.05, 3.63) is 64.9 Å². The van der Waals surface area contributed by atoms with Crippen molar-refractivity contribution in [2.75, 3.05) is 11.4 Å². The van der Waals surface area contributed by atoms with Gasteiger partial charge in [-0.1, -0.05) is 0 Å². The highest BCUT2D eigenvalue weighted by Gasteiger charge is 2.36. The number of nitrogens with one attached hydrogen (secondary N) is 1. The molecule has 1 aliphatic heterocycles.